The first-order valence-corrected chi connectivity index (χ1v) is 9.47. The molecule has 1 N–H and O–H groups in total. The standard InChI is InChI=1S/C17H17ClFNO3S/c1-11(12-4-7-15(8-5-12)24(2,22)23)20-17(21)9-13-3-6-14(18)10-16(13)19/h3-8,10-11H,9H2,1-2H3,(H,20,21). The SMILES string of the molecule is CC(NC(=O)Cc1ccc(Cl)cc1F)c1ccc(S(C)(=O)=O)cc1. The highest BCUT2D eigenvalue weighted by atomic mass is 35.5. The van der Waals surface area contributed by atoms with Gasteiger partial charge in [-0.2, -0.15) is 0 Å². The van der Waals surface area contributed by atoms with Crippen LogP contribution in [0.3, 0.4) is 0 Å². The van der Waals surface area contributed by atoms with Crippen LogP contribution in [0.4, 0.5) is 4.39 Å². The summed E-state index contributed by atoms with van der Waals surface area (Å²) in [5.41, 5.74) is 1.02. The average molecular weight is 370 g/mol. The molecule has 0 aliphatic rings. The Kier molecular flexibility index (Phi) is 5.62. The third-order valence-corrected chi connectivity index (χ3v) is 4.92. The lowest BCUT2D eigenvalue weighted by Crippen LogP contribution is -2.28. The van der Waals surface area contributed by atoms with Crippen molar-refractivity contribution in [3.05, 3.63) is 64.4 Å². The van der Waals surface area contributed by atoms with E-state index in [-0.39, 0.29) is 33.9 Å². The van der Waals surface area contributed by atoms with Crippen molar-refractivity contribution in [1.82, 2.24) is 5.32 Å². The van der Waals surface area contributed by atoms with Crippen LogP contribution in [0, 0.1) is 5.82 Å². The number of carbonyl (C=O) groups is 1. The van der Waals surface area contributed by atoms with Crippen LogP contribution in [0.25, 0.3) is 0 Å². The fraction of sp³-hybridized carbons (Fsp3) is 0.235. The maximum atomic E-state index is 13.7. The number of halogens is 2. The molecule has 0 radical (unpaired) electrons. The molecule has 2 aromatic rings. The zero-order valence-electron chi connectivity index (χ0n) is 13.2. The van der Waals surface area contributed by atoms with Gasteiger partial charge in [0.25, 0.3) is 0 Å². The van der Waals surface area contributed by atoms with E-state index in [0.29, 0.717) is 0 Å². The maximum Gasteiger partial charge on any atom is 0.225 e. The Bertz CT molecular complexity index is 851. The van der Waals surface area contributed by atoms with E-state index in [2.05, 4.69) is 5.32 Å². The molecule has 0 bridgehead atoms. The summed E-state index contributed by atoms with van der Waals surface area (Å²) in [5, 5.41) is 3.03. The van der Waals surface area contributed by atoms with Crippen LogP contribution in [0.1, 0.15) is 24.1 Å². The molecule has 0 fully saturated rings. The molecule has 0 aromatic heterocycles. The molecule has 0 spiro atoms. The summed E-state index contributed by atoms with van der Waals surface area (Å²) in [7, 11) is -3.26. The number of benzene rings is 2. The summed E-state index contributed by atoms with van der Waals surface area (Å²) in [6.07, 6.45) is 1.03. The van der Waals surface area contributed by atoms with Crippen molar-refractivity contribution in [2.45, 2.75) is 24.3 Å². The smallest absolute Gasteiger partial charge is 0.225 e. The van der Waals surface area contributed by atoms with Gasteiger partial charge in [-0.25, -0.2) is 12.8 Å². The fourth-order valence-electron chi connectivity index (χ4n) is 2.22. The lowest BCUT2D eigenvalue weighted by atomic mass is 10.1. The number of amides is 1. The van der Waals surface area contributed by atoms with E-state index < -0.39 is 15.7 Å². The minimum absolute atomic E-state index is 0.102. The molecule has 4 nitrogen and oxygen atoms in total. The Hall–Kier alpha value is -1.92. The number of rotatable bonds is 5. The van der Waals surface area contributed by atoms with Crippen molar-refractivity contribution in [3.63, 3.8) is 0 Å². The minimum atomic E-state index is -3.26. The third-order valence-electron chi connectivity index (χ3n) is 3.55. The molecule has 128 valence electrons. The molecular weight excluding hydrogens is 353 g/mol. The molecule has 0 aliphatic heterocycles. The van der Waals surface area contributed by atoms with Crippen LogP contribution >= 0.6 is 11.6 Å². The highest BCUT2D eigenvalue weighted by Crippen LogP contribution is 2.18. The third kappa shape index (κ3) is 4.79. The molecular formula is C17H17ClFNO3S. The largest absolute Gasteiger partial charge is 0.349 e. The zero-order valence-corrected chi connectivity index (χ0v) is 14.8. The predicted molar refractivity (Wildman–Crippen MR) is 91.2 cm³/mol. The summed E-state index contributed by atoms with van der Waals surface area (Å²) in [6.45, 7) is 1.77. The second kappa shape index (κ2) is 7.32. The van der Waals surface area contributed by atoms with E-state index in [4.69, 9.17) is 11.6 Å². The Morgan fingerprint density at radius 1 is 1.21 bits per heavy atom. The van der Waals surface area contributed by atoms with Gasteiger partial charge in [0.05, 0.1) is 17.4 Å². The monoisotopic (exact) mass is 369 g/mol. The Morgan fingerprint density at radius 2 is 1.83 bits per heavy atom. The average Bonchev–Trinajstić information content (AvgIpc) is 2.49. The Balaban J connectivity index is 2.03. The maximum absolute atomic E-state index is 13.7. The molecule has 24 heavy (non-hydrogen) atoms. The van der Waals surface area contributed by atoms with Crippen molar-refractivity contribution in [3.8, 4) is 0 Å². The fourth-order valence-corrected chi connectivity index (χ4v) is 3.01. The van der Waals surface area contributed by atoms with Crippen LogP contribution in [-0.4, -0.2) is 20.6 Å². The first-order chi connectivity index (χ1) is 11.2. The molecule has 0 heterocycles. The zero-order chi connectivity index (χ0) is 17.9. The van der Waals surface area contributed by atoms with Crippen molar-refractivity contribution in [2.75, 3.05) is 6.26 Å². The van der Waals surface area contributed by atoms with E-state index in [0.717, 1.165) is 17.9 Å². The molecule has 7 heteroatoms. The molecule has 1 amide bonds. The summed E-state index contributed by atoms with van der Waals surface area (Å²) in [5.74, 6) is -0.862. The summed E-state index contributed by atoms with van der Waals surface area (Å²) >= 11 is 5.68. The van der Waals surface area contributed by atoms with Crippen LogP contribution in [-0.2, 0) is 21.1 Å². The molecule has 1 atom stereocenters. The van der Waals surface area contributed by atoms with Crippen molar-refractivity contribution in [1.29, 1.82) is 0 Å². The molecule has 1 unspecified atom stereocenters. The van der Waals surface area contributed by atoms with E-state index in [1.54, 1.807) is 19.1 Å². The first kappa shape index (κ1) is 18.4. The van der Waals surface area contributed by atoms with Crippen LogP contribution < -0.4 is 5.32 Å². The van der Waals surface area contributed by atoms with Gasteiger partial charge in [-0.1, -0.05) is 29.8 Å². The summed E-state index contributed by atoms with van der Waals surface area (Å²) in [4.78, 5) is 12.3. The Morgan fingerprint density at radius 3 is 2.38 bits per heavy atom. The van der Waals surface area contributed by atoms with Crippen LogP contribution in [0.2, 0.25) is 5.02 Å². The number of nitrogens with one attached hydrogen (secondary N) is 1. The molecule has 0 saturated heterocycles. The van der Waals surface area contributed by atoms with Gasteiger partial charge in [-0.3, -0.25) is 4.79 Å². The molecule has 2 aromatic carbocycles. The minimum Gasteiger partial charge on any atom is -0.349 e. The van der Waals surface area contributed by atoms with Gasteiger partial charge in [-0.05, 0) is 42.3 Å². The van der Waals surface area contributed by atoms with Crippen LogP contribution in [0.5, 0.6) is 0 Å². The van der Waals surface area contributed by atoms with Gasteiger partial charge in [0.15, 0.2) is 9.84 Å². The predicted octanol–water partition coefficient (Wildman–Crippen LogP) is 3.30. The Labute approximate surface area is 145 Å². The quantitative estimate of drug-likeness (QED) is 0.879. The lowest BCUT2D eigenvalue weighted by molar-refractivity contribution is -0.121. The molecule has 0 saturated carbocycles. The topological polar surface area (TPSA) is 63.2 Å². The van der Waals surface area contributed by atoms with Gasteiger partial charge in [-0.15, -0.1) is 0 Å². The van der Waals surface area contributed by atoms with Gasteiger partial charge in [0.2, 0.25) is 5.91 Å². The van der Waals surface area contributed by atoms with Gasteiger partial charge >= 0.3 is 0 Å². The highest BCUT2D eigenvalue weighted by Gasteiger charge is 2.14. The van der Waals surface area contributed by atoms with Crippen molar-refractivity contribution < 1.29 is 17.6 Å². The van der Waals surface area contributed by atoms with E-state index in [9.17, 15) is 17.6 Å². The first-order valence-electron chi connectivity index (χ1n) is 7.20. The second-order valence-electron chi connectivity index (χ2n) is 5.54. The molecule has 2 rings (SSSR count). The highest BCUT2D eigenvalue weighted by molar-refractivity contribution is 7.90. The normalized spacial score (nSPS) is 12.7. The molecule has 0 aliphatic carbocycles. The van der Waals surface area contributed by atoms with E-state index >= 15 is 0 Å². The number of sulfone groups is 1. The number of carbonyl (C=O) groups excluding carboxylic acids is 1. The lowest BCUT2D eigenvalue weighted by Gasteiger charge is -2.15. The number of hydrogen-bond acceptors (Lipinski definition) is 3. The number of hydrogen-bond donors (Lipinski definition) is 1. The summed E-state index contributed by atoms with van der Waals surface area (Å²) in [6, 6.07) is 10.1. The van der Waals surface area contributed by atoms with E-state index in [1.807, 2.05) is 0 Å². The second-order valence-corrected chi connectivity index (χ2v) is 8.00. The van der Waals surface area contributed by atoms with Gasteiger partial charge < -0.3 is 5.32 Å². The van der Waals surface area contributed by atoms with Crippen molar-refractivity contribution >= 4 is 27.3 Å². The van der Waals surface area contributed by atoms with Gasteiger partial charge in [0.1, 0.15) is 5.82 Å². The summed E-state index contributed by atoms with van der Waals surface area (Å²) < 4.78 is 36.6. The van der Waals surface area contributed by atoms with E-state index in [1.165, 1.54) is 24.3 Å². The van der Waals surface area contributed by atoms with Crippen molar-refractivity contribution in [2.24, 2.45) is 0 Å². The van der Waals surface area contributed by atoms with Gasteiger partial charge in [0, 0.05) is 11.3 Å². The van der Waals surface area contributed by atoms with Crippen LogP contribution in [0.15, 0.2) is 47.4 Å².